The maximum absolute atomic E-state index is 6.95. The van der Waals surface area contributed by atoms with Crippen molar-refractivity contribution in [1.82, 2.24) is 0 Å². The molecule has 1 heteroatoms. The molecule has 240 valence electrons. The fourth-order valence-corrected chi connectivity index (χ4v) is 9.89. The monoisotopic (exact) mass is 634 g/mol. The van der Waals surface area contributed by atoms with E-state index in [2.05, 4.69) is 146 Å². The third kappa shape index (κ3) is 5.05. The van der Waals surface area contributed by atoms with Crippen LogP contribution in [0.4, 0.5) is 0 Å². The summed E-state index contributed by atoms with van der Waals surface area (Å²) >= 11 is 0. The molecule has 6 unspecified atom stereocenters. The molecule has 1 fully saturated rings. The van der Waals surface area contributed by atoms with Crippen molar-refractivity contribution < 1.29 is 4.42 Å². The Morgan fingerprint density at radius 3 is 2.47 bits per heavy atom. The second-order valence-corrected chi connectivity index (χ2v) is 15.0. The van der Waals surface area contributed by atoms with E-state index in [9.17, 15) is 0 Å². The molecule has 6 aliphatic carbocycles. The fraction of sp³-hybridized carbons (Fsp3) is 0.250. The molecular formula is C48H42O. The van der Waals surface area contributed by atoms with Crippen LogP contribution >= 0.6 is 0 Å². The van der Waals surface area contributed by atoms with E-state index in [1.807, 2.05) is 0 Å². The van der Waals surface area contributed by atoms with E-state index in [0.29, 0.717) is 29.6 Å². The van der Waals surface area contributed by atoms with Crippen molar-refractivity contribution in [2.45, 2.75) is 50.4 Å². The molecule has 1 heterocycles. The van der Waals surface area contributed by atoms with Crippen molar-refractivity contribution in [3.05, 3.63) is 178 Å². The number of para-hydroxylation sites is 1. The summed E-state index contributed by atoms with van der Waals surface area (Å²) in [6, 6.07) is 24.8. The Kier molecular flexibility index (Phi) is 7.07. The van der Waals surface area contributed by atoms with E-state index in [1.54, 1.807) is 11.1 Å². The third-order valence-corrected chi connectivity index (χ3v) is 12.3. The molecule has 49 heavy (non-hydrogen) atoms. The first kappa shape index (κ1) is 29.1. The quantitative estimate of drug-likeness (QED) is 0.218. The summed E-state index contributed by atoms with van der Waals surface area (Å²) in [5.41, 5.74) is 13.8. The lowest BCUT2D eigenvalue weighted by atomic mass is 9.62. The number of allylic oxidation sites excluding steroid dienone is 14. The van der Waals surface area contributed by atoms with Crippen molar-refractivity contribution in [1.29, 1.82) is 0 Å². The molecule has 0 amide bonds. The van der Waals surface area contributed by atoms with Gasteiger partial charge in [-0.05, 0) is 95.8 Å². The van der Waals surface area contributed by atoms with Crippen LogP contribution in [0.1, 0.15) is 72.0 Å². The molecule has 3 aromatic carbocycles. The fourth-order valence-electron chi connectivity index (χ4n) is 9.89. The van der Waals surface area contributed by atoms with Gasteiger partial charge in [-0.3, -0.25) is 0 Å². The molecule has 0 N–H and O–H groups in total. The molecule has 0 spiro atoms. The lowest BCUT2D eigenvalue weighted by Crippen LogP contribution is -2.29. The van der Waals surface area contributed by atoms with Crippen LogP contribution in [0.3, 0.4) is 0 Å². The van der Waals surface area contributed by atoms with Gasteiger partial charge >= 0.3 is 0 Å². The molecule has 0 radical (unpaired) electrons. The second kappa shape index (κ2) is 11.9. The van der Waals surface area contributed by atoms with Gasteiger partial charge in [0.25, 0.3) is 0 Å². The molecule has 1 saturated carbocycles. The van der Waals surface area contributed by atoms with E-state index in [4.69, 9.17) is 4.42 Å². The first-order chi connectivity index (χ1) is 24.3. The summed E-state index contributed by atoms with van der Waals surface area (Å²) in [5, 5.41) is 1.26. The first-order valence-electron chi connectivity index (χ1n) is 18.5. The zero-order chi connectivity index (χ0) is 32.3. The van der Waals surface area contributed by atoms with Crippen LogP contribution in [0, 0.1) is 23.7 Å². The Bertz CT molecular complexity index is 2210. The number of furan rings is 1. The van der Waals surface area contributed by atoms with Gasteiger partial charge in [0.2, 0.25) is 0 Å². The summed E-state index contributed by atoms with van der Waals surface area (Å²) in [4.78, 5) is 0. The highest BCUT2D eigenvalue weighted by atomic mass is 16.3. The van der Waals surface area contributed by atoms with Gasteiger partial charge in [0.1, 0.15) is 11.3 Å². The van der Waals surface area contributed by atoms with Gasteiger partial charge < -0.3 is 4.42 Å². The van der Waals surface area contributed by atoms with Crippen LogP contribution in [0.5, 0.6) is 0 Å². The zero-order valence-corrected chi connectivity index (χ0v) is 28.0. The van der Waals surface area contributed by atoms with Crippen molar-refractivity contribution in [3.63, 3.8) is 0 Å². The number of benzene rings is 3. The van der Waals surface area contributed by atoms with E-state index in [1.165, 1.54) is 63.6 Å². The predicted molar refractivity (Wildman–Crippen MR) is 204 cm³/mol. The van der Waals surface area contributed by atoms with Crippen LogP contribution in [0.25, 0.3) is 34.2 Å². The summed E-state index contributed by atoms with van der Waals surface area (Å²) in [6.07, 6.45) is 37.9. The normalized spacial score (nSPS) is 27.9. The SMILES string of the molecule is C1=CC2=CC(C3CC(C4=Cc5oc6c(-c7ccccc7)cccc6c5C5C=CC=CC45)CC(c4ccc5c(c4)C=CCC5)C3)=CCC2C=C1. The van der Waals surface area contributed by atoms with Crippen molar-refractivity contribution in [2.75, 3.05) is 0 Å². The number of fused-ring (bicyclic) bond motifs is 7. The largest absolute Gasteiger partial charge is 0.456 e. The summed E-state index contributed by atoms with van der Waals surface area (Å²) in [7, 11) is 0. The highest BCUT2D eigenvalue weighted by Gasteiger charge is 2.41. The van der Waals surface area contributed by atoms with Gasteiger partial charge in [-0.25, -0.2) is 0 Å². The number of hydrogen-bond acceptors (Lipinski definition) is 1. The molecule has 1 aromatic heterocycles. The maximum atomic E-state index is 6.95. The Labute approximate surface area is 290 Å². The predicted octanol–water partition coefficient (Wildman–Crippen LogP) is 12.5. The van der Waals surface area contributed by atoms with Gasteiger partial charge in [0.15, 0.2) is 0 Å². The van der Waals surface area contributed by atoms with Gasteiger partial charge in [-0.2, -0.15) is 0 Å². The molecule has 6 aliphatic rings. The van der Waals surface area contributed by atoms with E-state index in [-0.39, 0.29) is 5.92 Å². The Morgan fingerprint density at radius 1 is 0.673 bits per heavy atom. The standard InChI is InChI=1S/C48H42O/c1-2-13-33(14-3-1)41-19-10-20-44-47-43-18-9-8-17-42(43)45(30-46(47)49-48(41)44)40-28-38(36-23-21-31-11-4-6-15-34(31)25-36)27-39(29-40)37-24-22-32-12-5-7-16-35(32)26-37/h1-4,6-11,13-20,22-26,30-31,38-40,42-43H,5,12,21,27-29H2. The minimum atomic E-state index is 0.288. The Hall–Kier alpha value is -4.88. The highest BCUT2D eigenvalue weighted by Crippen LogP contribution is 2.54. The maximum Gasteiger partial charge on any atom is 0.142 e. The summed E-state index contributed by atoms with van der Waals surface area (Å²) in [5.74, 6) is 3.77. The average Bonchev–Trinajstić information content (AvgIpc) is 3.56. The molecule has 1 nitrogen and oxygen atoms in total. The highest BCUT2D eigenvalue weighted by molar-refractivity contribution is 5.97. The molecule has 6 atom stereocenters. The molecule has 0 saturated heterocycles. The first-order valence-corrected chi connectivity index (χ1v) is 18.5. The summed E-state index contributed by atoms with van der Waals surface area (Å²) < 4.78 is 6.95. The molecular weight excluding hydrogens is 593 g/mol. The third-order valence-electron chi connectivity index (χ3n) is 12.3. The smallest absolute Gasteiger partial charge is 0.142 e. The van der Waals surface area contributed by atoms with Crippen molar-refractivity contribution >= 4 is 23.1 Å². The minimum Gasteiger partial charge on any atom is -0.456 e. The molecule has 10 rings (SSSR count). The lowest BCUT2D eigenvalue weighted by Gasteiger charge is -2.42. The van der Waals surface area contributed by atoms with Gasteiger partial charge in [0.05, 0.1) is 0 Å². The van der Waals surface area contributed by atoms with Gasteiger partial charge in [-0.1, -0.05) is 145 Å². The van der Waals surface area contributed by atoms with E-state index >= 15 is 0 Å². The zero-order valence-electron chi connectivity index (χ0n) is 28.0. The minimum absolute atomic E-state index is 0.288. The lowest BCUT2D eigenvalue weighted by molar-refractivity contribution is 0.282. The van der Waals surface area contributed by atoms with Crippen LogP contribution in [-0.4, -0.2) is 0 Å². The average molecular weight is 635 g/mol. The number of hydrogen-bond donors (Lipinski definition) is 0. The van der Waals surface area contributed by atoms with E-state index in [0.717, 1.165) is 30.6 Å². The summed E-state index contributed by atoms with van der Waals surface area (Å²) in [6.45, 7) is 0. The van der Waals surface area contributed by atoms with Crippen molar-refractivity contribution in [3.8, 4) is 11.1 Å². The van der Waals surface area contributed by atoms with Crippen LogP contribution in [0.15, 0.2) is 155 Å². The van der Waals surface area contributed by atoms with Gasteiger partial charge in [0, 0.05) is 34.3 Å². The van der Waals surface area contributed by atoms with Crippen molar-refractivity contribution in [2.24, 2.45) is 23.7 Å². The second-order valence-electron chi connectivity index (χ2n) is 15.0. The molecule has 0 bridgehead atoms. The molecule has 0 aliphatic heterocycles. The van der Waals surface area contributed by atoms with Crippen LogP contribution < -0.4 is 0 Å². The van der Waals surface area contributed by atoms with Gasteiger partial charge in [-0.15, -0.1) is 0 Å². The Morgan fingerprint density at radius 2 is 1.53 bits per heavy atom. The number of aryl methyl sites for hydroxylation is 1. The van der Waals surface area contributed by atoms with E-state index < -0.39 is 0 Å². The van der Waals surface area contributed by atoms with Crippen LogP contribution in [0.2, 0.25) is 0 Å². The van der Waals surface area contributed by atoms with Crippen LogP contribution in [-0.2, 0) is 6.42 Å². The Balaban J connectivity index is 1.08. The number of rotatable bonds is 4. The topological polar surface area (TPSA) is 13.1 Å². The molecule has 4 aromatic rings.